The summed E-state index contributed by atoms with van der Waals surface area (Å²) in [7, 11) is 1.58. The van der Waals surface area contributed by atoms with Gasteiger partial charge in [-0.2, -0.15) is 0 Å². The Morgan fingerprint density at radius 1 is 1.39 bits per heavy atom. The van der Waals surface area contributed by atoms with E-state index >= 15 is 0 Å². The molecule has 0 aliphatic carbocycles. The molecule has 3 atom stereocenters. The van der Waals surface area contributed by atoms with Gasteiger partial charge in [0, 0.05) is 10.6 Å². The molecule has 1 aliphatic heterocycles. The molecule has 0 fully saturated rings. The summed E-state index contributed by atoms with van der Waals surface area (Å²) in [5.74, 6) is 0.0663. The summed E-state index contributed by atoms with van der Waals surface area (Å²) < 4.78 is 10.7. The van der Waals surface area contributed by atoms with E-state index in [0.29, 0.717) is 5.75 Å². The quantitative estimate of drug-likeness (QED) is 0.396. The predicted molar refractivity (Wildman–Crippen MR) is 87.3 cm³/mol. The maximum absolute atomic E-state index is 12.5. The minimum atomic E-state index is -0.578. The third-order valence-corrected chi connectivity index (χ3v) is 3.75. The highest BCUT2D eigenvalue weighted by Gasteiger charge is 2.39. The first kappa shape index (κ1) is 17.0. The molecule has 0 bridgehead atoms. The number of ether oxygens (including phenoxy) is 2. The molecular weight excluding hydrogens is 296 g/mol. The van der Waals surface area contributed by atoms with Crippen molar-refractivity contribution in [2.24, 2.45) is 11.0 Å². The molecule has 7 heteroatoms. The largest absolute Gasteiger partial charge is 0.497 e. The molecule has 7 nitrogen and oxygen atoms in total. The molecule has 0 amide bonds. The highest BCUT2D eigenvalue weighted by Crippen LogP contribution is 2.41. The average molecular weight is 318 g/mol. The van der Waals surface area contributed by atoms with Crippen LogP contribution in [0.2, 0.25) is 0 Å². The van der Waals surface area contributed by atoms with Crippen molar-refractivity contribution >= 4 is 11.7 Å². The molecule has 124 valence electrons. The van der Waals surface area contributed by atoms with Gasteiger partial charge in [0.2, 0.25) is 0 Å². The SMILES string of the molecule is COc1ccc2c(c1)[C@H](N=[N+]=[N-])[C@@H](C)[C@@H](C(=O)OC(C)(C)C)N2. The fraction of sp³-hybridized carbons (Fsp3) is 0.562. The Hall–Kier alpha value is -2.40. The van der Waals surface area contributed by atoms with Gasteiger partial charge in [-0.05, 0) is 56.0 Å². The molecule has 1 aliphatic rings. The van der Waals surface area contributed by atoms with Crippen LogP contribution in [-0.4, -0.2) is 24.7 Å². The van der Waals surface area contributed by atoms with Crippen molar-refractivity contribution in [2.75, 3.05) is 12.4 Å². The Labute approximate surface area is 135 Å². The van der Waals surface area contributed by atoms with Gasteiger partial charge >= 0.3 is 5.97 Å². The molecule has 23 heavy (non-hydrogen) atoms. The summed E-state index contributed by atoms with van der Waals surface area (Å²) in [6.45, 7) is 7.33. The van der Waals surface area contributed by atoms with Crippen LogP contribution in [0.5, 0.6) is 5.75 Å². The number of rotatable bonds is 3. The van der Waals surface area contributed by atoms with Gasteiger partial charge in [0.15, 0.2) is 0 Å². The normalized spacial score (nSPS) is 23.1. The summed E-state index contributed by atoms with van der Waals surface area (Å²) in [5.41, 5.74) is 9.88. The lowest BCUT2D eigenvalue weighted by atomic mass is 9.84. The molecule has 0 saturated carbocycles. The standard InChI is InChI=1S/C16H22N4O3/c1-9-13(19-20-17)11-8-10(22-5)6-7-12(11)18-14(9)15(21)23-16(2,3)4/h6-9,13-14,18H,1-5H3/t9-,13-,14+/m1/s1. The van der Waals surface area contributed by atoms with Crippen LogP contribution in [0.4, 0.5) is 5.69 Å². The van der Waals surface area contributed by atoms with E-state index in [1.807, 2.05) is 39.8 Å². The zero-order valence-corrected chi connectivity index (χ0v) is 14.0. The number of esters is 1. The third kappa shape index (κ3) is 3.68. The number of nitrogens with one attached hydrogen (secondary N) is 1. The van der Waals surface area contributed by atoms with Crippen molar-refractivity contribution in [1.82, 2.24) is 0 Å². The van der Waals surface area contributed by atoms with Crippen molar-refractivity contribution in [3.05, 3.63) is 34.2 Å². The third-order valence-electron chi connectivity index (χ3n) is 3.75. The van der Waals surface area contributed by atoms with Gasteiger partial charge in [-0.3, -0.25) is 0 Å². The Bertz CT molecular complexity index is 647. The summed E-state index contributed by atoms with van der Waals surface area (Å²) >= 11 is 0. The van der Waals surface area contributed by atoms with E-state index in [4.69, 9.17) is 15.0 Å². The van der Waals surface area contributed by atoms with Gasteiger partial charge in [-0.25, -0.2) is 4.79 Å². The van der Waals surface area contributed by atoms with E-state index in [-0.39, 0.29) is 11.9 Å². The first-order valence-electron chi connectivity index (χ1n) is 7.48. The van der Waals surface area contributed by atoms with Gasteiger partial charge in [0.25, 0.3) is 0 Å². The van der Waals surface area contributed by atoms with E-state index in [0.717, 1.165) is 11.3 Å². The van der Waals surface area contributed by atoms with E-state index in [1.54, 1.807) is 13.2 Å². The first-order chi connectivity index (χ1) is 10.8. The minimum absolute atomic E-state index is 0.250. The maximum Gasteiger partial charge on any atom is 0.329 e. The first-order valence-corrected chi connectivity index (χ1v) is 7.48. The van der Waals surface area contributed by atoms with Crippen LogP contribution in [0.25, 0.3) is 10.4 Å². The maximum atomic E-state index is 12.5. The van der Waals surface area contributed by atoms with Crippen molar-refractivity contribution < 1.29 is 14.3 Å². The lowest BCUT2D eigenvalue weighted by Crippen LogP contribution is -2.45. The molecule has 0 spiro atoms. The Kier molecular flexibility index (Phi) is 4.71. The summed E-state index contributed by atoms with van der Waals surface area (Å²) in [4.78, 5) is 15.4. The molecule has 1 heterocycles. The second kappa shape index (κ2) is 6.38. The Balaban J connectivity index is 2.40. The molecule has 2 rings (SSSR count). The van der Waals surface area contributed by atoms with Crippen molar-refractivity contribution in [1.29, 1.82) is 0 Å². The fourth-order valence-corrected chi connectivity index (χ4v) is 2.67. The summed E-state index contributed by atoms with van der Waals surface area (Å²) in [6, 6.07) is 4.39. The smallest absolute Gasteiger partial charge is 0.329 e. The predicted octanol–water partition coefficient (Wildman–Crippen LogP) is 3.82. The Morgan fingerprint density at radius 3 is 2.65 bits per heavy atom. The second-order valence-electron chi connectivity index (χ2n) is 6.62. The number of hydrogen-bond acceptors (Lipinski definition) is 5. The average Bonchev–Trinajstić information content (AvgIpc) is 2.47. The summed E-state index contributed by atoms with van der Waals surface area (Å²) in [6.07, 6.45) is 0. The number of methoxy groups -OCH3 is 1. The number of nitrogens with zero attached hydrogens (tertiary/aromatic N) is 3. The molecule has 1 aromatic carbocycles. The van der Waals surface area contributed by atoms with E-state index in [2.05, 4.69) is 15.3 Å². The number of fused-ring (bicyclic) bond motifs is 1. The number of benzene rings is 1. The molecule has 0 radical (unpaired) electrons. The van der Waals surface area contributed by atoms with E-state index < -0.39 is 17.7 Å². The monoisotopic (exact) mass is 318 g/mol. The highest BCUT2D eigenvalue weighted by molar-refractivity contribution is 5.82. The van der Waals surface area contributed by atoms with Crippen LogP contribution >= 0.6 is 0 Å². The second-order valence-corrected chi connectivity index (χ2v) is 6.62. The number of carbonyl (C=O) groups is 1. The number of anilines is 1. The molecule has 0 aromatic heterocycles. The number of carbonyl (C=O) groups excluding carboxylic acids is 1. The molecule has 1 N–H and O–H groups in total. The van der Waals surface area contributed by atoms with E-state index in [1.165, 1.54) is 0 Å². The van der Waals surface area contributed by atoms with Crippen LogP contribution in [0.15, 0.2) is 23.3 Å². The van der Waals surface area contributed by atoms with E-state index in [9.17, 15) is 4.79 Å². The summed E-state index contributed by atoms with van der Waals surface area (Å²) in [5, 5.41) is 7.08. The zero-order valence-electron chi connectivity index (χ0n) is 14.0. The number of hydrogen-bond donors (Lipinski definition) is 1. The van der Waals surface area contributed by atoms with Crippen LogP contribution in [0, 0.1) is 5.92 Å². The topological polar surface area (TPSA) is 96.3 Å². The van der Waals surface area contributed by atoms with Crippen LogP contribution < -0.4 is 10.1 Å². The van der Waals surface area contributed by atoms with Crippen molar-refractivity contribution in [2.45, 2.75) is 45.4 Å². The fourth-order valence-electron chi connectivity index (χ4n) is 2.67. The molecular formula is C16H22N4O3. The van der Waals surface area contributed by atoms with Gasteiger partial charge in [0.1, 0.15) is 17.4 Å². The van der Waals surface area contributed by atoms with Gasteiger partial charge in [-0.1, -0.05) is 12.0 Å². The number of azide groups is 1. The zero-order chi connectivity index (χ0) is 17.2. The lowest BCUT2D eigenvalue weighted by molar-refractivity contribution is -0.157. The van der Waals surface area contributed by atoms with Crippen LogP contribution in [0.1, 0.15) is 39.3 Å². The van der Waals surface area contributed by atoms with Crippen molar-refractivity contribution in [3.8, 4) is 5.75 Å². The van der Waals surface area contributed by atoms with Gasteiger partial charge in [-0.15, -0.1) is 0 Å². The van der Waals surface area contributed by atoms with Gasteiger partial charge < -0.3 is 14.8 Å². The molecule has 0 saturated heterocycles. The Morgan fingerprint density at radius 2 is 2.09 bits per heavy atom. The lowest BCUT2D eigenvalue weighted by Gasteiger charge is -2.36. The van der Waals surface area contributed by atoms with Crippen LogP contribution in [-0.2, 0) is 9.53 Å². The van der Waals surface area contributed by atoms with Gasteiger partial charge in [0.05, 0.1) is 13.2 Å². The molecule has 0 unspecified atom stereocenters. The van der Waals surface area contributed by atoms with Crippen molar-refractivity contribution in [3.63, 3.8) is 0 Å². The highest BCUT2D eigenvalue weighted by atomic mass is 16.6. The minimum Gasteiger partial charge on any atom is -0.497 e. The van der Waals surface area contributed by atoms with Crippen LogP contribution in [0.3, 0.4) is 0 Å². The molecule has 1 aromatic rings.